The summed E-state index contributed by atoms with van der Waals surface area (Å²) in [5.41, 5.74) is 0.940. The number of rotatable bonds is 6. The summed E-state index contributed by atoms with van der Waals surface area (Å²) in [6, 6.07) is 9.60. The maximum absolute atomic E-state index is 9.71. The molecule has 0 aliphatic carbocycles. The maximum Gasteiger partial charge on any atom is 0.0812 e. The van der Waals surface area contributed by atoms with E-state index in [1.807, 2.05) is 30.3 Å². The second-order valence-corrected chi connectivity index (χ2v) is 3.08. The van der Waals surface area contributed by atoms with Gasteiger partial charge in [0.15, 0.2) is 0 Å². The van der Waals surface area contributed by atoms with Crippen molar-refractivity contribution in [3.05, 3.63) is 48.6 Å². The number of aliphatic hydroxyl groups excluding tert-OH is 1. The zero-order valence-corrected chi connectivity index (χ0v) is 8.23. The lowest BCUT2D eigenvalue weighted by atomic mass is 10.1. The minimum Gasteiger partial charge on any atom is -0.388 e. The molecule has 0 spiro atoms. The number of hydrogen-bond donors (Lipinski definition) is 1. The third-order valence-corrected chi connectivity index (χ3v) is 1.96. The van der Waals surface area contributed by atoms with E-state index in [4.69, 9.17) is 4.74 Å². The lowest BCUT2D eigenvalue weighted by Gasteiger charge is -2.10. The van der Waals surface area contributed by atoms with Crippen LogP contribution in [0.2, 0.25) is 0 Å². The monoisotopic (exact) mass is 192 g/mol. The van der Waals surface area contributed by atoms with E-state index in [0.717, 1.165) is 5.56 Å². The predicted molar refractivity (Wildman–Crippen MR) is 57.0 cm³/mol. The molecule has 0 aliphatic rings. The molecule has 1 atom stereocenters. The van der Waals surface area contributed by atoms with Gasteiger partial charge in [-0.1, -0.05) is 36.4 Å². The first-order valence-corrected chi connectivity index (χ1v) is 4.76. The first kappa shape index (κ1) is 11.0. The molecule has 0 radical (unpaired) electrons. The zero-order chi connectivity index (χ0) is 10.2. The van der Waals surface area contributed by atoms with Gasteiger partial charge in [-0.2, -0.15) is 0 Å². The first-order valence-electron chi connectivity index (χ1n) is 4.76. The Morgan fingerprint density at radius 3 is 2.71 bits per heavy atom. The van der Waals surface area contributed by atoms with Crippen molar-refractivity contribution < 1.29 is 9.84 Å². The highest BCUT2D eigenvalue weighted by Crippen LogP contribution is 2.15. The average Bonchev–Trinajstić information content (AvgIpc) is 2.25. The van der Waals surface area contributed by atoms with E-state index in [0.29, 0.717) is 19.6 Å². The fourth-order valence-corrected chi connectivity index (χ4v) is 1.20. The molecule has 0 aromatic heterocycles. The third kappa shape index (κ3) is 3.73. The molecular weight excluding hydrogens is 176 g/mol. The number of hydrogen-bond acceptors (Lipinski definition) is 2. The Morgan fingerprint density at radius 1 is 1.36 bits per heavy atom. The molecule has 0 amide bonds. The fraction of sp³-hybridized carbons (Fsp3) is 0.333. The maximum atomic E-state index is 9.71. The highest BCUT2D eigenvalue weighted by Gasteiger charge is 2.05. The van der Waals surface area contributed by atoms with Crippen LogP contribution in [0.4, 0.5) is 0 Å². The number of aliphatic hydroxyl groups is 1. The molecule has 14 heavy (non-hydrogen) atoms. The van der Waals surface area contributed by atoms with E-state index in [9.17, 15) is 5.11 Å². The molecule has 0 bridgehead atoms. The van der Waals surface area contributed by atoms with Crippen molar-refractivity contribution in [2.75, 3.05) is 13.2 Å². The molecule has 0 aliphatic heterocycles. The van der Waals surface area contributed by atoms with E-state index >= 15 is 0 Å². The molecule has 0 fully saturated rings. The highest BCUT2D eigenvalue weighted by molar-refractivity contribution is 5.16. The molecule has 0 saturated heterocycles. The highest BCUT2D eigenvalue weighted by atomic mass is 16.5. The largest absolute Gasteiger partial charge is 0.388 e. The average molecular weight is 192 g/mol. The molecule has 1 unspecified atom stereocenters. The topological polar surface area (TPSA) is 29.5 Å². The van der Waals surface area contributed by atoms with E-state index in [-0.39, 0.29) is 0 Å². The summed E-state index contributed by atoms with van der Waals surface area (Å²) < 4.78 is 5.20. The normalized spacial score (nSPS) is 12.4. The van der Waals surface area contributed by atoms with Gasteiger partial charge in [0.25, 0.3) is 0 Å². The van der Waals surface area contributed by atoms with Crippen LogP contribution < -0.4 is 0 Å². The summed E-state index contributed by atoms with van der Waals surface area (Å²) in [6.45, 7) is 4.65. The van der Waals surface area contributed by atoms with Crippen molar-refractivity contribution in [3.63, 3.8) is 0 Å². The fourth-order valence-electron chi connectivity index (χ4n) is 1.20. The summed E-state index contributed by atoms with van der Waals surface area (Å²) in [5, 5.41) is 9.71. The minimum absolute atomic E-state index is 0.430. The Bertz CT molecular complexity index is 256. The molecule has 2 heteroatoms. The van der Waals surface area contributed by atoms with Crippen molar-refractivity contribution >= 4 is 0 Å². The summed E-state index contributed by atoms with van der Waals surface area (Å²) in [6.07, 6.45) is 1.90. The van der Waals surface area contributed by atoms with E-state index < -0.39 is 6.10 Å². The summed E-state index contributed by atoms with van der Waals surface area (Å²) >= 11 is 0. The summed E-state index contributed by atoms with van der Waals surface area (Å²) in [5.74, 6) is 0. The third-order valence-electron chi connectivity index (χ3n) is 1.96. The predicted octanol–water partition coefficient (Wildman–Crippen LogP) is 2.31. The van der Waals surface area contributed by atoms with Crippen LogP contribution in [-0.2, 0) is 4.74 Å². The van der Waals surface area contributed by atoms with Crippen LogP contribution in [0.5, 0.6) is 0 Å². The van der Waals surface area contributed by atoms with Gasteiger partial charge in [0, 0.05) is 13.0 Å². The lowest BCUT2D eigenvalue weighted by Crippen LogP contribution is -2.03. The molecule has 0 saturated carbocycles. The van der Waals surface area contributed by atoms with Gasteiger partial charge in [-0.15, -0.1) is 6.58 Å². The molecule has 76 valence electrons. The Labute approximate surface area is 84.8 Å². The van der Waals surface area contributed by atoms with Crippen LogP contribution >= 0.6 is 0 Å². The van der Waals surface area contributed by atoms with Crippen LogP contribution in [0.15, 0.2) is 43.0 Å². The smallest absolute Gasteiger partial charge is 0.0812 e. The molecule has 1 aromatic rings. The molecule has 1 aromatic carbocycles. The van der Waals surface area contributed by atoms with Crippen molar-refractivity contribution in [1.82, 2.24) is 0 Å². The Balaban J connectivity index is 2.28. The van der Waals surface area contributed by atoms with E-state index in [1.165, 1.54) is 0 Å². The van der Waals surface area contributed by atoms with Gasteiger partial charge in [-0.3, -0.25) is 0 Å². The van der Waals surface area contributed by atoms with Crippen LogP contribution in [0, 0.1) is 0 Å². The zero-order valence-electron chi connectivity index (χ0n) is 8.23. The number of ether oxygens (including phenoxy) is 1. The number of benzene rings is 1. The van der Waals surface area contributed by atoms with Gasteiger partial charge >= 0.3 is 0 Å². The minimum atomic E-state index is -0.430. The second kappa shape index (κ2) is 6.35. The van der Waals surface area contributed by atoms with Crippen molar-refractivity contribution in [2.24, 2.45) is 0 Å². The van der Waals surface area contributed by atoms with Gasteiger partial charge in [-0.25, -0.2) is 0 Å². The summed E-state index contributed by atoms with van der Waals surface area (Å²) in [7, 11) is 0. The SMILES string of the molecule is C=CCOCCC(O)c1ccccc1. The summed E-state index contributed by atoms with van der Waals surface area (Å²) in [4.78, 5) is 0. The van der Waals surface area contributed by atoms with Crippen molar-refractivity contribution in [3.8, 4) is 0 Å². The molecule has 2 nitrogen and oxygen atoms in total. The van der Waals surface area contributed by atoms with Crippen LogP contribution in [0.25, 0.3) is 0 Å². The van der Waals surface area contributed by atoms with Gasteiger partial charge in [0.1, 0.15) is 0 Å². The van der Waals surface area contributed by atoms with Gasteiger partial charge in [0.2, 0.25) is 0 Å². The second-order valence-electron chi connectivity index (χ2n) is 3.08. The van der Waals surface area contributed by atoms with E-state index in [1.54, 1.807) is 6.08 Å². The Kier molecular flexibility index (Phi) is 4.97. The van der Waals surface area contributed by atoms with Crippen LogP contribution in [0.3, 0.4) is 0 Å². The molecule has 1 N–H and O–H groups in total. The van der Waals surface area contributed by atoms with E-state index in [2.05, 4.69) is 6.58 Å². The van der Waals surface area contributed by atoms with Crippen molar-refractivity contribution in [2.45, 2.75) is 12.5 Å². The van der Waals surface area contributed by atoms with Gasteiger partial charge in [0.05, 0.1) is 12.7 Å². The molecular formula is C12H16O2. The van der Waals surface area contributed by atoms with Crippen LogP contribution in [0.1, 0.15) is 18.1 Å². The first-order chi connectivity index (χ1) is 6.84. The van der Waals surface area contributed by atoms with Gasteiger partial charge < -0.3 is 9.84 Å². The molecule has 0 heterocycles. The molecule has 1 rings (SSSR count). The van der Waals surface area contributed by atoms with Crippen LogP contribution in [-0.4, -0.2) is 18.3 Å². The lowest BCUT2D eigenvalue weighted by molar-refractivity contribution is 0.0957. The Hall–Kier alpha value is -1.12. The van der Waals surface area contributed by atoms with Crippen molar-refractivity contribution in [1.29, 1.82) is 0 Å². The standard InChI is InChI=1S/C12H16O2/c1-2-9-14-10-8-12(13)11-6-4-3-5-7-11/h2-7,12-13H,1,8-10H2. The van der Waals surface area contributed by atoms with Gasteiger partial charge in [-0.05, 0) is 5.56 Å². The quantitative estimate of drug-likeness (QED) is 0.553. The Morgan fingerprint density at radius 2 is 2.07 bits per heavy atom.